The van der Waals surface area contributed by atoms with Crippen LogP contribution in [0.1, 0.15) is 73.6 Å². The van der Waals surface area contributed by atoms with E-state index >= 15 is 0 Å². The van der Waals surface area contributed by atoms with Gasteiger partial charge in [0.05, 0.1) is 5.41 Å². The summed E-state index contributed by atoms with van der Waals surface area (Å²) in [6, 6.07) is 0. The Morgan fingerprint density at radius 1 is 1.05 bits per heavy atom. The smallest absolute Gasteiger partial charge is 0.344 e. The molecule has 122 valence electrons. The Morgan fingerprint density at radius 2 is 1.57 bits per heavy atom. The molecule has 1 rings (SSSR count). The molecule has 21 heavy (non-hydrogen) atoms. The molecule has 4 nitrogen and oxygen atoms in total. The maximum absolute atomic E-state index is 12.1. The minimum Gasteiger partial charge on any atom is -0.456 e. The molecule has 4 heteroatoms. The zero-order valence-electron chi connectivity index (χ0n) is 14.4. The third-order valence-corrected chi connectivity index (χ3v) is 4.84. The van der Waals surface area contributed by atoms with Gasteiger partial charge in [0, 0.05) is 5.41 Å². The molecule has 0 aromatic rings. The van der Waals surface area contributed by atoms with Crippen molar-refractivity contribution in [2.75, 3.05) is 6.61 Å². The van der Waals surface area contributed by atoms with Gasteiger partial charge >= 0.3 is 11.9 Å². The molecule has 1 saturated carbocycles. The minimum atomic E-state index is -0.560. The van der Waals surface area contributed by atoms with E-state index in [0.29, 0.717) is 6.42 Å². The van der Waals surface area contributed by atoms with E-state index in [4.69, 9.17) is 9.47 Å². The van der Waals surface area contributed by atoms with Crippen LogP contribution in [0.3, 0.4) is 0 Å². The predicted octanol–water partition coefficient (Wildman–Crippen LogP) is 3.87. The van der Waals surface area contributed by atoms with Crippen LogP contribution in [0.2, 0.25) is 0 Å². The molecule has 0 aromatic heterocycles. The molecule has 0 unspecified atom stereocenters. The summed E-state index contributed by atoms with van der Waals surface area (Å²) in [5.41, 5.74) is -1.09. The van der Waals surface area contributed by atoms with Crippen LogP contribution in [-0.2, 0) is 19.1 Å². The molecule has 1 aliphatic carbocycles. The lowest BCUT2D eigenvalue weighted by Crippen LogP contribution is -2.45. The van der Waals surface area contributed by atoms with Crippen LogP contribution in [0, 0.1) is 10.8 Å². The molecular formula is C17H30O4. The molecule has 1 aliphatic rings. The predicted molar refractivity (Wildman–Crippen MR) is 81.8 cm³/mol. The zero-order valence-corrected chi connectivity index (χ0v) is 14.4. The van der Waals surface area contributed by atoms with Gasteiger partial charge in [-0.3, -0.25) is 4.79 Å². The van der Waals surface area contributed by atoms with Crippen molar-refractivity contribution in [3.63, 3.8) is 0 Å². The average molecular weight is 298 g/mol. The SMILES string of the molecule is CCC(C)(C)C(=O)OCC(=O)OC1(C(C)(C)C)CCCC1. The fraction of sp³-hybridized carbons (Fsp3) is 0.882. The molecule has 1 fully saturated rings. The van der Waals surface area contributed by atoms with Crippen molar-refractivity contribution in [1.82, 2.24) is 0 Å². The molecule has 0 radical (unpaired) electrons. The van der Waals surface area contributed by atoms with Gasteiger partial charge in [-0.15, -0.1) is 0 Å². The number of esters is 2. The number of ether oxygens (including phenoxy) is 2. The molecule has 0 aliphatic heterocycles. The molecule has 0 bridgehead atoms. The van der Waals surface area contributed by atoms with Crippen LogP contribution >= 0.6 is 0 Å². The highest BCUT2D eigenvalue weighted by Gasteiger charge is 2.47. The fourth-order valence-corrected chi connectivity index (χ4v) is 2.66. The lowest BCUT2D eigenvalue weighted by Gasteiger charge is -2.41. The first kappa shape index (κ1) is 18.0. The summed E-state index contributed by atoms with van der Waals surface area (Å²) < 4.78 is 10.9. The highest BCUT2D eigenvalue weighted by atomic mass is 16.6. The quantitative estimate of drug-likeness (QED) is 0.723. The molecule has 0 aromatic carbocycles. The lowest BCUT2D eigenvalue weighted by atomic mass is 9.75. The summed E-state index contributed by atoms with van der Waals surface area (Å²) in [6.07, 6.45) is 4.60. The van der Waals surface area contributed by atoms with Crippen LogP contribution in [0.5, 0.6) is 0 Å². The van der Waals surface area contributed by atoms with Crippen molar-refractivity contribution in [2.45, 2.75) is 79.2 Å². The highest BCUT2D eigenvalue weighted by Crippen LogP contribution is 2.46. The molecule has 0 saturated heterocycles. The molecule has 0 heterocycles. The van der Waals surface area contributed by atoms with E-state index in [0.717, 1.165) is 25.7 Å². The van der Waals surface area contributed by atoms with Crippen LogP contribution in [0.15, 0.2) is 0 Å². The van der Waals surface area contributed by atoms with E-state index in [-0.39, 0.29) is 18.0 Å². The molecule has 0 spiro atoms. The Hall–Kier alpha value is -1.06. The number of hydrogen-bond donors (Lipinski definition) is 0. The summed E-state index contributed by atoms with van der Waals surface area (Å²) in [4.78, 5) is 24.0. The number of carbonyl (C=O) groups is 2. The van der Waals surface area contributed by atoms with Crippen molar-refractivity contribution < 1.29 is 19.1 Å². The van der Waals surface area contributed by atoms with Crippen molar-refractivity contribution in [3.8, 4) is 0 Å². The summed E-state index contributed by atoms with van der Waals surface area (Å²) in [7, 11) is 0. The van der Waals surface area contributed by atoms with Gasteiger partial charge < -0.3 is 9.47 Å². The van der Waals surface area contributed by atoms with Crippen LogP contribution in [0.25, 0.3) is 0 Å². The third kappa shape index (κ3) is 4.21. The van der Waals surface area contributed by atoms with E-state index in [2.05, 4.69) is 20.8 Å². The van der Waals surface area contributed by atoms with Gasteiger partial charge in [-0.05, 0) is 46.0 Å². The van der Waals surface area contributed by atoms with E-state index in [9.17, 15) is 9.59 Å². The monoisotopic (exact) mass is 298 g/mol. The Labute approximate surface area is 128 Å². The number of rotatable bonds is 5. The summed E-state index contributed by atoms with van der Waals surface area (Å²) in [5, 5.41) is 0. The summed E-state index contributed by atoms with van der Waals surface area (Å²) in [6.45, 7) is 11.5. The first-order chi connectivity index (χ1) is 9.54. The van der Waals surface area contributed by atoms with Gasteiger partial charge in [0.25, 0.3) is 0 Å². The second kappa shape index (κ2) is 6.37. The largest absolute Gasteiger partial charge is 0.456 e. The van der Waals surface area contributed by atoms with Gasteiger partial charge in [0.2, 0.25) is 0 Å². The van der Waals surface area contributed by atoms with Crippen LogP contribution in [0.4, 0.5) is 0 Å². The fourth-order valence-electron chi connectivity index (χ4n) is 2.66. The Kier molecular flexibility index (Phi) is 5.46. The average Bonchev–Trinajstić information content (AvgIpc) is 2.85. The normalized spacial score (nSPS) is 18.4. The van der Waals surface area contributed by atoms with Crippen LogP contribution < -0.4 is 0 Å². The van der Waals surface area contributed by atoms with E-state index in [1.165, 1.54) is 0 Å². The molecule has 0 amide bonds. The third-order valence-electron chi connectivity index (χ3n) is 4.84. The molecular weight excluding hydrogens is 268 g/mol. The van der Waals surface area contributed by atoms with Gasteiger partial charge in [-0.25, -0.2) is 4.79 Å². The van der Waals surface area contributed by atoms with E-state index < -0.39 is 17.0 Å². The van der Waals surface area contributed by atoms with E-state index in [1.54, 1.807) is 0 Å². The van der Waals surface area contributed by atoms with Crippen molar-refractivity contribution in [3.05, 3.63) is 0 Å². The Bertz CT molecular complexity index is 384. The van der Waals surface area contributed by atoms with Gasteiger partial charge in [0.15, 0.2) is 6.61 Å². The van der Waals surface area contributed by atoms with Crippen molar-refractivity contribution in [1.29, 1.82) is 0 Å². The first-order valence-corrected chi connectivity index (χ1v) is 7.93. The summed E-state index contributed by atoms with van der Waals surface area (Å²) >= 11 is 0. The standard InChI is InChI=1S/C17H30O4/c1-7-16(5,6)14(19)20-12-13(18)21-17(15(2,3)4)10-8-9-11-17/h7-12H2,1-6H3. The summed E-state index contributed by atoms with van der Waals surface area (Å²) in [5.74, 6) is -0.787. The van der Waals surface area contributed by atoms with Crippen molar-refractivity contribution >= 4 is 11.9 Å². The second-order valence-corrected chi connectivity index (χ2v) is 7.74. The van der Waals surface area contributed by atoms with Gasteiger partial charge in [0.1, 0.15) is 5.60 Å². The van der Waals surface area contributed by atoms with E-state index in [1.807, 2.05) is 20.8 Å². The Balaban J connectivity index is 2.59. The minimum absolute atomic E-state index is 0.105. The van der Waals surface area contributed by atoms with Crippen molar-refractivity contribution in [2.24, 2.45) is 10.8 Å². The number of hydrogen-bond acceptors (Lipinski definition) is 4. The molecule has 0 atom stereocenters. The maximum atomic E-state index is 12.1. The Morgan fingerprint density at radius 3 is 2.00 bits per heavy atom. The zero-order chi connectivity index (χ0) is 16.3. The molecule has 0 N–H and O–H groups in total. The van der Waals surface area contributed by atoms with Gasteiger partial charge in [-0.2, -0.15) is 0 Å². The first-order valence-electron chi connectivity index (χ1n) is 7.93. The second-order valence-electron chi connectivity index (χ2n) is 7.74. The van der Waals surface area contributed by atoms with Gasteiger partial charge in [-0.1, -0.05) is 27.7 Å². The maximum Gasteiger partial charge on any atom is 0.344 e. The van der Waals surface area contributed by atoms with Crippen LogP contribution in [-0.4, -0.2) is 24.1 Å². The topological polar surface area (TPSA) is 52.6 Å². The lowest BCUT2D eigenvalue weighted by molar-refractivity contribution is -0.182. The number of carbonyl (C=O) groups excluding carboxylic acids is 2. The highest BCUT2D eigenvalue weighted by molar-refractivity contribution is 5.80.